The van der Waals surface area contributed by atoms with Crippen LogP contribution in [-0.2, 0) is 22.6 Å². The number of fused-ring (bicyclic) bond motifs is 1. The number of ether oxygens (including phenoxy) is 1. The molecule has 0 bridgehead atoms. The lowest BCUT2D eigenvalue weighted by Gasteiger charge is -2.31. The monoisotopic (exact) mass is 472 g/mol. The number of amides is 2. The molecule has 0 heterocycles. The Bertz CT molecular complexity index is 1150. The number of carbonyl (C=O) groups is 2. The molecule has 0 aliphatic heterocycles. The fraction of sp³-hybridized carbons (Fsp3) is 0.400. The first-order chi connectivity index (χ1) is 17.0. The summed E-state index contributed by atoms with van der Waals surface area (Å²) in [6.45, 7) is 2.21. The fourth-order valence-corrected chi connectivity index (χ4v) is 5.01. The summed E-state index contributed by atoms with van der Waals surface area (Å²) in [4.78, 5) is 28.5. The molecular weight excluding hydrogens is 436 g/mol. The summed E-state index contributed by atoms with van der Waals surface area (Å²) in [7, 11) is 1.63. The zero-order valence-electron chi connectivity index (χ0n) is 20.8. The van der Waals surface area contributed by atoms with Crippen molar-refractivity contribution in [1.82, 2.24) is 10.2 Å². The van der Waals surface area contributed by atoms with E-state index in [1.807, 2.05) is 49.4 Å². The summed E-state index contributed by atoms with van der Waals surface area (Å²) < 4.78 is 5.37. The van der Waals surface area contributed by atoms with E-state index in [-0.39, 0.29) is 17.9 Å². The maximum Gasteiger partial charge on any atom is 0.242 e. The second-order valence-corrected chi connectivity index (χ2v) is 9.53. The van der Waals surface area contributed by atoms with Crippen LogP contribution in [0.25, 0.3) is 10.8 Å². The van der Waals surface area contributed by atoms with Crippen LogP contribution in [0.5, 0.6) is 5.75 Å². The minimum absolute atomic E-state index is 0.0213. The van der Waals surface area contributed by atoms with Crippen molar-refractivity contribution in [1.29, 1.82) is 0 Å². The molecule has 0 saturated heterocycles. The molecule has 1 aliphatic carbocycles. The third-order valence-electron chi connectivity index (χ3n) is 7.09. The van der Waals surface area contributed by atoms with Gasteiger partial charge < -0.3 is 15.0 Å². The van der Waals surface area contributed by atoms with Gasteiger partial charge in [0.1, 0.15) is 11.8 Å². The Hall–Kier alpha value is -3.34. The van der Waals surface area contributed by atoms with Crippen molar-refractivity contribution in [3.05, 3.63) is 77.9 Å². The van der Waals surface area contributed by atoms with Gasteiger partial charge in [0, 0.05) is 19.0 Å². The quantitative estimate of drug-likeness (QED) is 0.438. The Balaban J connectivity index is 1.51. The Morgan fingerprint density at radius 3 is 2.54 bits per heavy atom. The Kier molecular flexibility index (Phi) is 8.40. The van der Waals surface area contributed by atoms with Crippen LogP contribution >= 0.6 is 0 Å². The predicted octanol–water partition coefficient (Wildman–Crippen LogP) is 5.65. The molecule has 1 atom stereocenters. The number of carbonyl (C=O) groups excluding carboxylic acids is 2. The molecule has 1 unspecified atom stereocenters. The number of hydrogen-bond acceptors (Lipinski definition) is 3. The fourth-order valence-electron chi connectivity index (χ4n) is 5.01. The summed E-state index contributed by atoms with van der Waals surface area (Å²) in [5.74, 6) is 0.648. The highest BCUT2D eigenvalue weighted by molar-refractivity contribution is 5.89. The topological polar surface area (TPSA) is 58.6 Å². The van der Waals surface area contributed by atoms with Crippen molar-refractivity contribution in [3.8, 4) is 5.75 Å². The molecule has 184 valence electrons. The molecule has 1 N–H and O–H groups in total. The van der Waals surface area contributed by atoms with Crippen molar-refractivity contribution in [2.75, 3.05) is 7.11 Å². The van der Waals surface area contributed by atoms with Crippen LogP contribution in [0.3, 0.4) is 0 Å². The van der Waals surface area contributed by atoms with Gasteiger partial charge in [0.2, 0.25) is 11.8 Å². The van der Waals surface area contributed by atoms with Crippen molar-refractivity contribution < 1.29 is 14.3 Å². The first-order valence-electron chi connectivity index (χ1n) is 12.7. The Labute approximate surface area is 208 Å². The van der Waals surface area contributed by atoms with Gasteiger partial charge in [0.25, 0.3) is 0 Å². The molecule has 1 fully saturated rings. The van der Waals surface area contributed by atoms with E-state index in [0.29, 0.717) is 19.4 Å². The van der Waals surface area contributed by atoms with Gasteiger partial charge in [-0.15, -0.1) is 0 Å². The molecule has 3 aromatic rings. The maximum atomic E-state index is 13.6. The van der Waals surface area contributed by atoms with E-state index in [1.165, 1.54) is 17.2 Å². The number of aryl methyl sites for hydroxylation is 1. The number of nitrogens with one attached hydrogen (secondary N) is 1. The average Bonchev–Trinajstić information content (AvgIpc) is 2.90. The third-order valence-corrected chi connectivity index (χ3v) is 7.09. The van der Waals surface area contributed by atoms with Crippen molar-refractivity contribution in [2.24, 2.45) is 0 Å². The van der Waals surface area contributed by atoms with Gasteiger partial charge in [-0.2, -0.15) is 0 Å². The number of nitrogens with zero attached hydrogens (tertiary/aromatic N) is 1. The molecule has 1 saturated carbocycles. The minimum Gasteiger partial charge on any atom is -0.497 e. The summed E-state index contributed by atoms with van der Waals surface area (Å²) in [5, 5.41) is 5.55. The van der Waals surface area contributed by atoms with E-state index >= 15 is 0 Å². The predicted molar refractivity (Wildman–Crippen MR) is 140 cm³/mol. The molecule has 35 heavy (non-hydrogen) atoms. The maximum absolute atomic E-state index is 13.6. The van der Waals surface area contributed by atoms with E-state index in [9.17, 15) is 9.59 Å². The molecule has 2 amide bonds. The van der Waals surface area contributed by atoms with Gasteiger partial charge >= 0.3 is 0 Å². The van der Waals surface area contributed by atoms with Crippen LogP contribution in [0, 0.1) is 0 Å². The summed E-state index contributed by atoms with van der Waals surface area (Å²) in [6, 6.07) is 21.8. The summed E-state index contributed by atoms with van der Waals surface area (Å²) in [6.07, 6.45) is 6.54. The van der Waals surface area contributed by atoms with Crippen LogP contribution < -0.4 is 10.1 Å². The van der Waals surface area contributed by atoms with Gasteiger partial charge in [-0.1, -0.05) is 73.9 Å². The molecule has 0 spiro atoms. The van der Waals surface area contributed by atoms with Crippen molar-refractivity contribution >= 4 is 22.6 Å². The normalized spacial score (nSPS) is 14.9. The zero-order valence-corrected chi connectivity index (χ0v) is 20.8. The summed E-state index contributed by atoms with van der Waals surface area (Å²) in [5.41, 5.74) is 2.09. The van der Waals surface area contributed by atoms with Crippen molar-refractivity contribution in [2.45, 2.75) is 70.5 Å². The zero-order chi connectivity index (χ0) is 24.6. The second-order valence-electron chi connectivity index (χ2n) is 9.53. The molecule has 0 aromatic heterocycles. The average molecular weight is 473 g/mol. The van der Waals surface area contributed by atoms with E-state index < -0.39 is 6.04 Å². The highest BCUT2D eigenvalue weighted by atomic mass is 16.5. The first-order valence-corrected chi connectivity index (χ1v) is 12.7. The van der Waals surface area contributed by atoms with E-state index in [1.54, 1.807) is 12.0 Å². The van der Waals surface area contributed by atoms with Crippen LogP contribution in [0.1, 0.15) is 56.6 Å². The molecule has 1 aliphatic rings. The van der Waals surface area contributed by atoms with Crippen LogP contribution in [0.4, 0.5) is 0 Å². The lowest BCUT2D eigenvalue weighted by Crippen LogP contribution is -2.50. The Morgan fingerprint density at radius 2 is 1.74 bits per heavy atom. The first kappa shape index (κ1) is 24.8. The standard InChI is InChI=1S/C30H36N2O3/c1-22(30(34)31-26-14-4-3-5-15-26)32(21-23-10-8-16-27(20-23)35-2)29(33)19-18-25-13-9-12-24-11-6-7-17-28(24)25/h6-13,16-17,20,22,26H,3-5,14-15,18-19,21H2,1-2H3,(H,31,34). The van der Waals surface area contributed by atoms with Gasteiger partial charge in [-0.25, -0.2) is 0 Å². The number of benzene rings is 3. The van der Waals surface area contributed by atoms with E-state index in [0.717, 1.165) is 42.6 Å². The van der Waals surface area contributed by atoms with Gasteiger partial charge in [-0.05, 0) is 60.2 Å². The molecule has 4 rings (SSSR count). The highest BCUT2D eigenvalue weighted by Gasteiger charge is 2.28. The number of hydrogen-bond donors (Lipinski definition) is 1. The van der Waals surface area contributed by atoms with Gasteiger partial charge in [0.05, 0.1) is 7.11 Å². The lowest BCUT2D eigenvalue weighted by atomic mass is 9.95. The lowest BCUT2D eigenvalue weighted by molar-refractivity contribution is -0.141. The van der Waals surface area contributed by atoms with Crippen LogP contribution in [0.2, 0.25) is 0 Å². The van der Waals surface area contributed by atoms with Crippen molar-refractivity contribution in [3.63, 3.8) is 0 Å². The molecule has 5 heteroatoms. The van der Waals surface area contributed by atoms with E-state index in [2.05, 4.69) is 29.6 Å². The SMILES string of the molecule is COc1cccc(CN(C(=O)CCc2cccc3ccccc23)C(C)C(=O)NC2CCCCC2)c1. The largest absolute Gasteiger partial charge is 0.497 e. The number of methoxy groups -OCH3 is 1. The van der Waals surface area contributed by atoms with E-state index in [4.69, 9.17) is 4.74 Å². The Morgan fingerprint density at radius 1 is 1.00 bits per heavy atom. The molecular formula is C30H36N2O3. The smallest absolute Gasteiger partial charge is 0.242 e. The number of rotatable bonds is 9. The highest BCUT2D eigenvalue weighted by Crippen LogP contribution is 2.22. The minimum atomic E-state index is -0.553. The second kappa shape index (κ2) is 11.9. The third kappa shape index (κ3) is 6.41. The van der Waals surface area contributed by atoms with Crippen LogP contribution in [0.15, 0.2) is 66.7 Å². The summed E-state index contributed by atoms with van der Waals surface area (Å²) >= 11 is 0. The van der Waals surface area contributed by atoms with Crippen LogP contribution in [-0.4, -0.2) is 35.9 Å². The van der Waals surface area contributed by atoms with Gasteiger partial charge in [-0.3, -0.25) is 9.59 Å². The molecule has 0 radical (unpaired) electrons. The molecule has 5 nitrogen and oxygen atoms in total. The molecule has 3 aromatic carbocycles. The van der Waals surface area contributed by atoms with Gasteiger partial charge in [0.15, 0.2) is 0 Å².